The molecule has 2 rings (SSSR count). The maximum absolute atomic E-state index is 3.57. The molecule has 1 aromatic rings. The molecule has 1 N–H and O–H groups in total. The van der Waals surface area contributed by atoms with Crippen LogP contribution in [0, 0.1) is 19.8 Å². The summed E-state index contributed by atoms with van der Waals surface area (Å²) in [7, 11) is 0. The summed E-state index contributed by atoms with van der Waals surface area (Å²) in [5.41, 5.74) is 4.22. The van der Waals surface area contributed by atoms with Gasteiger partial charge in [0.25, 0.3) is 0 Å². The number of rotatable bonds is 5. The average Bonchev–Trinajstić information content (AvgIpc) is 2.20. The largest absolute Gasteiger partial charge is 0.313 e. The van der Waals surface area contributed by atoms with Gasteiger partial charge in [-0.15, -0.1) is 0 Å². The maximum atomic E-state index is 3.57. The summed E-state index contributed by atoms with van der Waals surface area (Å²) in [6.07, 6.45) is 5.75. The van der Waals surface area contributed by atoms with E-state index in [1.165, 1.54) is 48.9 Å². The van der Waals surface area contributed by atoms with Gasteiger partial charge in [-0.2, -0.15) is 0 Å². The van der Waals surface area contributed by atoms with Crippen molar-refractivity contribution in [2.75, 3.05) is 6.54 Å². The van der Waals surface area contributed by atoms with Crippen LogP contribution in [-0.4, -0.2) is 6.54 Å². The van der Waals surface area contributed by atoms with E-state index in [4.69, 9.17) is 0 Å². The van der Waals surface area contributed by atoms with Crippen LogP contribution in [0.1, 0.15) is 42.4 Å². The lowest BCUT2D eigenvalue weighted by molar-refractivity contribution is 0.292. The van der Waals surface area contributed by atoms with Crippen LogP contribution < -0.4 is 5.32 Å². The molecule has 1 aliphatic rings. The lowest BCUT2D eigenvalue weighted by Gasteiger charge is -2.25. The quantitative estimate of drug-likeness (QED) is 0.743. The standard InChI is InChI=1S/C15H23N/c1-12-6-7-13(2)15(10-12)11-16-9-8-14-4-3-5-14/h6-7,10,14,16H,3-5,8-9,11H2,1-2H3. The summed E-state index contributed by atoms with van der Waals surface area (Å²) in [4.78, 5) is 0. The molecule has 1 heteroatoms. The first kappa shape index (κ1) is 11.7. The van der Waals surface area contributed by atoms with Gasteiger partial charge in [0.05, 0.1) is 0 Å². The highest BCUT2D eigenvalue weighted by atomic mass is 14.8. The van der Waals surface area contributed by atoms with Crippen LogP contribution in [0.2, 0.25) is 0 Å². The monoisotopic (exact) mass is 217 g/mol. The molecule has 1 nitrogen and oxygen atoms in total. The minimum atomic E-state index is 1.02. The van der Waals surface area contributed by atoms with Crippen molar-refractivity contribution < 1.29 is 0 Å². The third kappa shape index (κ3) is 3.08. The summed E-state index contributed by atoms with van der Waals surface area (Å²) in [5, 5.41) is 3.57. The number of hydrogen-bond acceptors (Lipinski definition) is 1. The highest BCUT2D eigenvalue weighted by Gasteiger charge is 2.16. The van der Waals surface area contributed by atoms with E-state index in [0.717, 1.165) is 12.5 Å². The van der Waals surface area contributed by atoms with Gasteiger partial charge in [-0.05, 0) is 43.9 Å². The molecule has 1 saturated carbocycles. The zero-order chi connectivity index (χ0) is 11.4. The molecule has 1 aromatic carbocycles. The van der Waals surface area contributed by atoms with Gasteiger partial charge in [-0.1, -0.05) is 43.0 Å². The Morgan fingerprint density at radius 2 is 2.06 bits per heavy atom. The molecule has 0 bridgehead atoms. The molecule has 0 aliphatic heterocycles. The summed E-state index contributed by atoms with van der Waals surface area (Å²) in [6.45, 7) is 6.57. The number of benzene rings is 1. The fourth-order valence-electron chi connectivity index (χ4n) is 2.30. The number of aryl methyl sites for hydroxylation is 2. The smallest absolute Gasteiger partial charge is 0.0208 e. The Labute approximate surface area is 99.3 Å². The molecule has 88 valence electrons. The van der Waals surface area contributed by atoms with Crippen molar-refractivity contribution in [1.82, 2.24) is 5.32 Å². The van der Waals surface area contributed by atoms with Crippen molar-refractivity contribution >= 4 is 0 Å². The van der Waals surface area contributed by atoms with Gasteiger partial charge in [0, 0.05) is 6.54 Å². The molecule has 0 amide bonds. The van der Waals surface area contributed by atoms with Crippen molar-refractivity contribution in [3.63, 3.8) is 0 Å². The van der Waals surface area contributed by atoms with E-state index >= 15 is 0 Å². The van der Waals surface area contributed by atoms with Gasteiger partial charge in [-0.3, -0.25) is 0 Å². The molecule has 0 atom stereocenters. The summed E-state index contributed by atoms with van der Waals surface area (Å²) in [6, 6.07) is 6.71. The lowest BCUT2D eigenvalue weighted by atomic mass is 9.83. The molecule has 1 fully saturated rings. The maximum Gasteiger partial charge on any atom is 0.0208 e. The Morgan fingerprint density at radius 1 is 1.25 bits per heavy atom. The van der Waals surface area contributed by atoms with Crippen LogP contribution in [0.5, 0.6) is 0 Å². The highest BCUT2D eigenvalue weighted by Crippen LogP contribution is 2.28. The predicted octanol–water partition coefficient (Wildman–Crippen LogP) is 3.58. The third-order valence-corrected chi connectivity index (χ3v) is 3.77. The second-order valence-electron chi connectivity index (χ2n) is 5.19. The number of nitrogens with one attached hydrogen (secondary N) is 1. The molecule has 0 radical (unpaired) electrons. The van der Waals surface area contributed by atoms with Crippen molar-refractivity contribution in [3.05, 3.63) is 34.9 Å². The lowest BCUT2D eigenvalue weighted by Crippen LogP contribution is -2.21. The van der Waals surface area contributed by atoms with Gasteiger partial charge in [0.2, 0.25) is 0 Å². The van der Waals surface area contributed by atoms with Crippen molar-refractivity contribution in [2.24, 2.45) is 5.92 Å². The minimum absolute atomic E-state index is 1.02. The zero-order valence-corrected chi connectivity index (χ0v) is 10.6. The van der Waals surface area contributed by atoms with Crippen molar-refractivity contribution in [3.8, 4) is 0 Å². The van der Waals surface area contributed by atoms with Crippen LogP contribution in [0.3, 0.4) is 0 Å². The van der Waals surface area contributed by atoms with E-state index < -0.39 is 0 Å². The molecule has 0 heterocycles. The Kier molecular flexibility index (Phi) is 4.00. The molecule has 0 unspecified atom stereocenters. The third-order valence-electron chi connectivity index (χ3n) is 3.77. The summed E-state index contributed by atoms with van der Waals surface area (Å²) < 4.78 is 0. The van der Waals surface area contributed by atoms with E-state index in [2.05, 4.69) is 37.4 Å². The highest BCUT2D eigenvalue weighted by molar-refractivity contribution is 5.30. The van der Waals surface area contributed by atoms with Crippen LogP contribution in [0.25, 0.3) is 0 Å². The SMILES string of the molecule is Cc1ccc(C)c(CNCCC2CCC2)c1. The molecular weight excluding hydrogens is 194 g/mol. The zero-order valence-electron chi connectivity index (χ0n) is 10.6. The molecule has 16 heavy (non-hydrogen) atoms. The first-order valence-electron chi connectivity index (χ1n) is 6.52. The van der Waals surface area contributed by atoms with E-state index in [1.54, 1.807) is 0 Å². The fraction of sp³-hybridized carbons (Fsp3) is 0.600. The molecule has 1 aliphatic carbocycles. The second kappa shape index (κ2) is 5.49. The van der Waals surface area contributed by atoms with Gasteiger partial charge in [0.15, 0.2) is 0 Å². The molecule has 0 saturated heterocycles. The van der Waals surface area contributed by atoms with Gasteiger partial charge >= 0.3 is 0 Å². The Hall–Kier alpha value is -0.820. The summed E-state index contributed by atoms with van der Waals surface area (Å²) in [5.74, 6) is 1.02. The Bertz CT molecular complexity index is 339. The van der Waals surface area contributed by atoms with Crippen molar-refractivity contribution in [1.29, 1.82) is 0 Å². The second-order valence-corrected chi connectivity index (χ2v) is 5.19. The average molecular weight is 217 g/mol. The first-order valence-corrected chi connectivity index (χ1v) is 6.52. The summed E-state index contributed by atoms with van der Waals surface area (Å²) >= 11 is 0. The normalized spacial score (nSPS) is 16.1. The first-order chi connectivity index (χ1) is 7.75. The molecule has 0 spiro atoms. The van der Waals surface area contributed by atoms with Crippen molar-refractivity contribution in [2.45, 2.75) is 46.1 Å². The Morgan fingerprint density at radius 3 is 2.75 bits per heavy atom. The van der Waals surface area contributed by atoms with Gasteiger partial charge < -0.3 is 5.32 Å². The van der Waals surface area contributed by atoms with E-state index in [9.17, 15) is 0 Å². The van der Waals surface area contributed by atoms with Crippen LogP contribution in [-0.2, 0) is 6.54 Å². The fourth-order valence-corrected chi connectivity index (χ4v) is 2.30. The van der Waals surface area contributed by atoms with Gasteiger partial charge in [0.1, 0.15) is 0 Å². The Balaban J connectivity index is 1.73. The predicted molar refractivity (Wildman–Crippen MR) is 69.6 cm³/mol. The van der Waals surface area contributed by atoms with Crippen LogP contribution in [0.15, 0.2) is 18.2 Å². The minimum Gasteiger partial charge on any atom is -0.313 e. The van der Waals surface area contributed by atoms with E-state index in [-0.39, 0.29) is 0 Å². The molecular formula is C15H23N. The van der Waals surface area contributed by atoms with Gasteiger partial charge in [-0.25, -0.2) is 0 Å². The van der Waals surface area contributed by atoms with E-state index in [0.29, 0.717) is 0 Å². The topological polar surface area (TPSA) is 12.0 Å². The molecule has 0 aromatic heterocycles. The van der Waals surface area contributed by atoms with E-state index in [1.807, 2.05) is 0 Å². The van der Waals surface area contributed by atoms with Crippen LogP contribution >= 0.6 is 0 Å². The van der Waals surface area contributed by atoms with Crippen LogP contribution in [0.4, 0.5) is 0 Å². The number of hydrogen-bond donors (Lipinski definition) is 1.